The van der Waals surface area contributed by atoms with E-state index in [0.29, 0.717) is 0 Å². The molecule has 80 valence electrons. The average Bonchev–Trinajstić information content (AvgIpc) is 2.19. The minimum absolute atomic E-state index is 0. The Bertz CT molecular complexity index is 216. The quantitative estimate of drug-likeness (QED) is 0.756. The lowest BCUT2D eigenvalue weighted by Crippen LogP contribution is -2.19. The molecular formula is C11H18ClNS. The normalized spacial score (nSPS) is 9.50. The molecule has 0 aromatic heterocycles. The molecule has 0 heterocycles. The van der Waals surface area contributed by atoms with Crippen molar-refractivity contribution < 1.29 is 0 Å². The third kappa shape index (κ3) is 6.30. The van der Waals surface area contributed by atoms with E-state index in [2.05, 4.69) is 41.9 Å². The molecule has 1 N–H and O–H groups in total. The van der Waals surface area contributed by atoms with Gasteiger partial charge in [-0.1, -0.05) is 30.3 Å². The molecule has 0 saturated carbocycles. The number of halogens is 1. The highest BCUT2D eigenvalue weighted by molar-refractivity contribution is 7.98. The van der Waals surface area contributed by atoms with Gasteiger partial charge in [-0.2, -0.15) is 11.8 Å². The second-order valence-electron chi connectivity index (χ2n) is 2.98. The fourth-order valence-electron chi connectivity index (χ4n) is 1.18. The first-order valence-electron chi connectivity index (χ1n) is 4.67. The van der Waals surface area contributed by atoms with Crippen LogP contribution in [-0.4, -0.2) is 25.1 Å². The molecular weight excluding hydrogens is 214 g/mol. The lowest BCUT2D eigenvalue weighted by Gasteiger charge is -2.03. The van der Waals surface area contributed by atoms with Crippen LogP contribution in [0.4, 0.5) is 0 Å². The maximum atomic E-state index is 3.41. The summed E-state index contributed by atoms with van der Waals surface area (Å²) in [4.78, 5) is 0. The first-order valence-corrected chi connectivity index (χ1v) is 6.06. The molecule has 1 nitrogen and oxygen atoms in total. The summed E-state index contributed by atoms with van der Waals surface area (Å²) in [5.74, 6) is 1.20. The molecule has 14 heavy (non-hydrogen) atoms. The second-order valence-corrected chi connectivity index (χ2v) is 3.96. The summed E-state index contributed by atoms with van der Waals surface area (Å²) < 4.78 is 0. The predicted octanol–water partition coefficient (Wildman–Crippen LogP) is 2.60. The van der Waals surface area contributed by atoms with Crippen molar-refractivity contribution in [1.29, 1.82) is 0 Å². The zero-order valence-corrected chi connectivity index (χ0v) is 10.2. The van der Waals surface area contributed by atoms with Gasteiger partial charge in [-0.3, -0.25) is 0 Å². The van der Waals surface area contributed by atoms with E-state index >= 15 is 0 Å². The SMILES string of the molecule is CSCCNCCc1ccccc1.Cl. The van der Waals surface area contributed by atoms with Crippen LogP contribution in [0.15, 0.2) is 30.3 Å². The Morgan fingerprint density at radius 1 is 1.14 bits per heavy atom. The van der Waals surface area contributed by atoms with E-state index in [0.717, 1.165) is 19.5 Å². The zero-order chi connectivity index (χ0) is 9.36. The number of rotatable bonds is 6. The molecule has 1 rings (SSSR count). The van der Waals surface area contributed by atoms with Gasteiger partial charge >= 0.3 is 0 Å². The third-order valence-electron chi connectivity index (χ3n) is 1.92. The molecule has 0 saturated heterocycles. The van der Waals surface area contributed by atoms with E-state index in [1.54, 1.807) is 0 Å². The Labute approximate surface area is 97.1 Å². The Balaban J connectivity index is 0.00000169. The van der Waals surface area contributed by atoms with Gasteiger partial charge in [0.2, 0.25) is 0 Å². The van der Waals surface area contributed by atoms with E-state index in [9.17, 15) is 0 Å². The van der Waals surface area contributed by atoms with Crippen molar-refractivity contribution in [3.8, 4) is 0 Å². The molecule has 0 unspecified atom stereocenters. The second kappa shape index (κ2) is 9.38. The molecule has 1 aromatic rings. The highest BCUT2D eigenvalue weighted by Gasteiger charge is 1.90. The van der Waals surface area contributed by atoms with Crippen molar-refractivity contribution in [2.45, 2.75) is 6.42 Å². The zero-order valence-electron chi connectivity index (χ0n) is 8.53. The van der Waals surface area contributed by atoms with Gasteiger partial charge in [0.05, 0.1) is 0 Å². The Morgan fingerprint density at radius 2 is 1.86 bits per heavy atom. The Kier molecular flexibility index (Phi) is 9.26. The molecule has 3 heteroatoms. The molecule has 0 atom stereocenters. The Morgan fingerprint density at radius 3 is 2.50 bits per heavy atom. The topological polar surface area (TPSA) is 12.0 Å². The standard InChI is InChI=1S/C11H17NS.ClH/c1-13-10-9-12-8-7-11-5-3-2-4-6-11;/h2-6,12H,7-10H2,1H3;1H. The van der Waals surface area contributed by atoms with Crippen LogP contribution in [0.5, 0.6) is 0 Å². The number of thioether (sulfide) groups is 1. The van der Waals surface area contributed by atoms with Crippen molar-refractivity contribution in [2.75, 3.05) is 25.1 Å². The number of benzene rings is 1. The number of hydrogen-bond donors (Lipinski definition) is 1. The molecule has 0 aliphatic heterocycles. The van der Waals surface area contributed by atoms with E-state index in [-0.39, 0.29) is 12.4 Å². The fourth-order valence-corrected chi connectivity index (χ4v) is 1.53. The van der Waals surface area contributed by atoms with Crippen molar-refractivity contribution in [1.82, 2.24) is 5.32 Å². The van der Waals surface area contributed by atoms with Crippen LogP contribution < -0.4 is 5.32 Å². The van der Waals surface area contributed by atoms with E-state index in [1.807, 2.05) is 11.8 Å². The minimum Gasteiger partial charge on any atom is -0.316 e. The first-order chi connectivity index (χ1) is 6.43. The van der Waals surface area contributed by atoms with E-state index < -0.39 is 0 Å². The van der Waals surface area contributed by atoms with Crippen molar-refractivity contribution in [3.05, 3.63) is 35.9 Å². The monoisotopic (exact) mass is 231 g/mol. The first kappa shape index (κ1) is 13.8. The van der Waals surface area contributed by atoms with Crippen molar-refractivity contribution in [3.63, 3.8) is 0 Å². The smallest absolute Gasteiger partial charge is 0.00553 e. The van der Waals surface area contributed by atoms with Gasteiger partial charge in [-0.15, -0.1) is 12.4 Å². The summed E-state index contributed by atoms with van der Waals surface area (Å²) in [7, 11) is 0. The van der Waals surface area contributed by atoms with Gasteiger partial charge < -0.3 is 5.32 Å². The number of nitrogens with one attached hydrogen (secondary N) is 1. The van der Waals surface area contributed by atoms with Crippen LogP contribution in [0.3, 0.4) is 0 Å². The molecule has 0 radical (unpaired) electrons. The maximum Gasteiger partial charge on any atom is 0.00553 e. The molecule has 0 spiro atoms. The van der Waals surface area contributed by atoms with Gasteiger partial charge in [0.25, 0.3) is 0 Å². The highest BCUT2D eigenvalue weighted by atomic mass is 35.5. The molecule has 0 aliphatic rings. The van der Waals surface area contributed by atoms with Crippen LogP contribution in [0.1, 0.15) is 5.56 Å². The van der Waals surface area contributed by atoms with Gasteiger partial charge in [0.1, 0.15) is 0 Å². The van der Waals surface area contributed by atoms with Crippen LogP contribution in [0.2, 0.25) is 0 Å². The average molecular weight is 232 g/mol. The fraction of sp³-hybridized carbons (Fsp3) is 0.455. The molecule has 0 aliphatic carbocycles. The van der Waals surface area contributed by atoms with E-state index in [1.165, 1.54) is 11.3 Å². The third-order valence-corrected chi connectivity index (χ3v) is 2.53. The minimum atomic E-state index is 0. The van der Waals surface area contributed by atoms with Crippen molar-refractivity contribution in [2.24, 2.45) is 0 Å². The summed E-state index contributed by atoms with van der Waals surface area (Å²) in [5.41, 5.74) is 1.42. The van der Waals surface area contributed by atoms with Crippen molar-refractivity contribution >= 4 is 24.2 Å². The molecule has 0 fully saturated rings. The summed E-state index contributed by atoms with van der Waals surface area (Å²) in [6.45, 7) is 2.21. The lowest BCUT2D eigenvalue weighted by atomic mass is 10.1. The lowest BCUT2D eigenvalue weighted by molar-refractivity contribution is 0.721. The van der Waals surface area contributed by atoms with Crippen LogP contribution in [-0.2, 0) is 6.42 Å². The van der Waals surface area contributed by atoms with Gasteiger partial charge in [-0.25, -0.2) is 0 Å². The maximum absolute atomic E-state index is 3.41. The van der Waals surface area contributed by atoms with E-state index in [4.69, 9.17) is 0 Å². The highest BCUT2D eigenvalue weighted by Crippen LogP contribution is 1.98. The summed E-state index contributed by atoms with van der Waals surface area (Å²) in [6.07, 6.45) is 3.27. The number of hydrogen-bond acceptors (Lipinski definition) is 2. The predicted molar refractivity (Wildman–Crippen MR) is 68.6 cm³/mol. The molecule has 1 aromatic carbocycles. The summed E-state index contributed by atoms with van der Waals surface area (Å²) >= 11 is 1.89. The van der Waals surface area contributed by atoms with Crippen LogP contribution >= 0.6 is 24.2 Å². The molecule has 0 amide bonds. The largest absolute Gasteiger partial charge is 0.316 e. The van der Waals surface area contributed by atoms with Crippen LogP contribution in [0.25, 0.3) is 0 Å². The van der Waals surface area contributed by atoms with Gasteiger partial charge in [0.15, 0.2) is 0 Å². The van der Waals surface area contributed by atoms with Gasteiger partial charge in [0, 0.05) is 12.3 Å². The summed E-state index contributed by atoms with van der Waals surface area (Å²) in [6, 6.07) is 10.6. The summed E-state index contributed by atoms with van der Waals surface area (Å²) in [5, 5.41) is 3.41. The van der Waals surface area contributed by atoms with Crippen LogP contribution in [0, 0.1) is 0 Å². The molecule has 0 bridgehead atoms. The van der Waals surface area contributed by atoms with Gasteiger partial charge in [-0.05, 0) is 24.8 Å². The Hall–Kier alpha value is -0.180.